The van der Waals surface area contributed by atoms with E-state index < -0.39 is 5.25 Å². The second-order valence-corrected chi connectivity index (χ2v) is 7.84. The lowest BCUT2D eigenvalue weighted by atomic mass is 10.2. The fraction of sp³-hybridized carbons (Fsp3) is 0.474. The van der Waals surface area contributed by atoms with Gasteiger partial charge in [0.25, 0.3) is 0 Å². The van der Waals surface area contributed by atoms with Crippen LogP contribution in [0.4, 0.5) is 5.69 Å². The Bertz CT molecular complexity index is 735. The monoisotopic (exact) mass is 372 g/mol. The maximum absolute atomic E-state index is 12.2. The molecule has 7 heteroatoms. The third-order valence-corrected chi connectivity index (χ3v) is 5.60. The van der Waals surface area contributed by atoms with Gasteiger partial charge in [0.05, 0.1) is 0 Å². The molecule has 0 aromatic heterocycles. The van der Waals surface area contributed by atoms with Crippen LogP contribution in [0.3, 0.4) is 0 Å². The highest BCUT2D eigenvalue weighted by molar-refractivity contribution is 8.15. The minimum Gasteiger partial charge on any atom is -0.326 e. The Balaban J connectivity index is 1.55. The van der Waals surface area contributed by atoms with Crippen molar-refractivity contribution in [2.45, 2.75) is 57.1 Å². The zero-order valence-corrected chi connectivity index (χ0v) is 15.8. The van der Waals surface area contributed by atoms with Crippen LogP contribution in [0.15, 0.2) is 34.5 Å². The summed E-state index contributed by atoms with van der Waals surface area (Å²) >= 11 is 1.28. The quantitative estimate of drug-likeness (QED) is 0.625. The molecular weight excluding hydrogens is 348 g/mol. The van der Waals surface area contributed by atoms with E-state index in [0.29, 0.717) is 5.17 Å². The number of carbonyl (C=O) groups excluding carboxylic acids is 2. The summed E-state index contributed by atoms with van der Waals surface area (Å²) in [4.78, 5) is 24.3. The van der Waals surface area contributed by atoms with Crippen molar-refractivity contribution >= 4 is 40.1 Å². The van der Waals surface area contributed by atoms with E-state index >= 15 is 0 Å². The third-order valence-electron chi connectivity index (χ3n) is 4.53. The molecule has 3 rings (SSSR count). The molecule has 1 saturated heterocycles. The summed E-state index contributed by atoms with van der Waals surface area (Å²) in [5.74, 6) is -0.363. The average molecular weight is 372 g/mol. The zero-order chi connectivity index (χ0) is 18.4. The van der Waals surface area contributed by atoms with E-state index in [0.717, 1.165) is 42.6 Å². The maximum atomic E-state index is 12.2. The van der Waals surface area contributed by atoms with Crippen molar-refractivity contribution in [1.82, 2.24) is 5.32 Å². The van der Waals surface area contributed by atoms with Crippen LogP contribution in [0.1, 0.15) is 50.5 Å². The lowest BCUT2D eigenvalue weighted by molar-refractivity contribution is -0.122. The van der Waals surface area contributed by atoms with Crippen molar-refractivity contribution in [2.75, 3.05) is 5.32 Å². The molecule has 1 unspecified atom stereocenters. The minimum absolute atomic E-state index is 0.112. The number of amides is 2. The molecule has 2 aliphatic rings. The van der Waals surface area contributed by atoms with Crippen molar-refractivity contribution in [1.29, 1.82) is 0 Å². The molecule has 1 aromatic rings. The summed E-state index contributed by atoms with van der Waals surface area (Å²) in [6.45, 7) is 1.93. The third kappa shape index (κ3) is 5.17. The number of carbonyl (C=O) groups is 2. The highest BCUT2D eigenvalue weighted by atomic mass is 32.2. The number of benzene rings is 1. The molecule has 1 aliphatic heterocycles. The number of nitrogens with zero attached hydrogens (tertiary/aromatic N) is 2. The Labute approximate surface area is 157 Å². The second-order valence-electron chi connectivity index (χ2n) is 6.65. The van der Waals surface area contributed by atoms with Crippen molar-refractivity contribution in [3.05, 3.63) is 29.8 Å². The summed E-state index contributed by atoms with van der Waals surface area (Å²) in [7, 11) is 0. The van der Waals surface area contributed by atoms with Gasteiger partial charge in [-0.05, 0) is 44.2 Å². The van der Waals surface area contributed by atoms with E-state index in [1.54, 1.807) is 0 Å². The molecule has 1 aliphatic carbocycles. The van der Waals surface area contributed by atoms with Gasteiger partial charge in [-0.15, -0.1) is 5.10 Å². The highest BCUT2D eigenvalue weighted by Gasteiger charge is 2.32. The van der Waals surface area contributed by atoms with E-state index in [4.69, 9.17) is 0 Å². The van der Waals surface area contributed by atoms with Crippen molar-refractivity contribution in [3.63, 3.8) is 0 Å². The average Bonchev–Trinajstić information content (AvgIpc) is 2.82. The number of amidine groups is 1. The van der Waals surface area contributed by atoms with Gasteiger partial charge in [-0.25, -0.2) is 0 Å². The Morgan fingerprint density at radius 3 is 2.65 bits per heavy atom. The number of aryl methyl sites for hydroxylation is 1. The Morgan fingerprint density at radius 1 is 1.19 bits per heavy atom. The Hall–Kier alpha value is -2.15. The first kappa shape index (κ1) is 18.6. The van der Waals surface area contributed by atoms with Crippen LogP contribution in [0.2, 0.25) is 0 Å². The molecule has 2 amide bonds. The summed E-state index contributed by atoms with van der Waals surface area (Å²) in [6.07, 6.45) is 6.89. The topological polar surface area (TPSA) is 82.9 Å². The predicted molar refractivity (Wildman–Crippen MR) is 107 cm³/mol. The van der Waals surface area contributed by atoms with Crippen LogP contribution in [0.25, 0.3) is 0 Å². The molecule has 0 bridgehead atoms. The fourth-order valence-electron chi connectivity index (χ4n) is 3.02. The van der Waals surface area contributed by atoms with Gasteiger partial charge in [0, 0.05) is 17.8 Å². The van der Waals surface area contributed by atoms with Crippen LogP contribution in [0, 0.1) is 6.92 Å². The largest absolute Gasteiger partial charge is 0.326 e. The van der Waals surface area contributed by atoms with E-state index in [1.807, 2.05) is 31.2 Å². The summed E-state index contributed by atoms with van der Waals surface area (Å²) in [5.41, 5.74) is 2.87. The van der Waals surface area contributed by atoms with Crippen LogP contribution in [-0.4, -0.2) is 27.9 Å². The second kappa shape index (κ2) is 8.98. The zero-order valence-electron chi connectivity index (χ0n) is 15.0. The molecule has 6 nitrogen and oxygen atoms in total. The molecule has 138 valence electrons. The summed E-state index contributed by atoms with van der Waals surface area (Å²) < 4.78 is 0. The highest BCUT2D eigenvalue weighted by Crippen LogP contribution is 2.24. The molecule has 1 atom stereocenters. The maximum Gasteiger partial charge on any atom is 0.240 e. The van der Waals surface area contributed by atoms with Gasteiger partial charge in [-0.2, -0.15) is 5.10 Å². The van der Waals surface area contributed by atoms with Gasteiger partial charge >= 0.3 is 0 Å². The van der Waals surface area contributed by atoms with Gasteiger partial charge in [0.2, 0.25) is 11.8 Å². The first-order valence-electron chi connectivity index (χ1n) is 9.08. The van der Waals surface area contributed by atoms with Crippen molar-refractivity contribution in [2.24, 2.45) is 10.2 Å². The van der Waals surface area contributed by atoms with E-state index in [9.17, 15) is 9.59 Å². The number of para-hydroxylation sites is 1. The molecule has 0 radical (unpaired) electrons. The molecule has 2 N–H and O–H groups in total. The first-order chi connectivity index (χ1) is 12.6. The van der Waals surface area contributed by atoms with Crippen LogP contribution in [0.5, 0.6) is 0 Å². The smallest absolute Gasteiger partial charge is 0.240 e. The molecule has 26 heavy (non-hydrogen) atoms. The SMILES string of the molecule is Cc1ccccc1NC(=O)CC1S/C(=N\N=C2CCCCCC2)NC1=O. The lowest BCUT2D eigenvalue weighted by Gasteiger charge is -2.09. The number of rotatable bonds is 4. The van der Waals surface area contributed by atoms with Gasteiger partial charge in [0.1, 0.15) is 5.25 Å². The first-order valence-corrected chi connectivity index (χ1v) is 9.96. The van der Waals surface area contributed by atoms with Crippen molar-refractivity contribution < 1.29 is 9.59 Å². The molecular formula is C19H24N4O2S. The minimum atomic E-state index is -0.466. The van der Waals surface area contributed by atoms with E-state index in [-0.39, 0.29) is 18.2 Å². The predicted octanol–water partition coefficient (Wildman–Crippen LogP) is 3.62. The van der Waals surface area contributed by atoms with Gasteiger partial charge in [-0.1, -0.05) is 42.8 Å². The van der Waals surface area contributed by atoms with E-state index in [1.165, 1.54) is 24.6 Å². The summed E-state index contributed by atoms with van der Waals surface area (Å²) in [6, 6.07) is 7.58. The van der Waals surface area contributed by atoms with Gasteiger partial charge < -0.3 is 10.6 Å². The van der Waals surface area contributed by atoms with Gasteiger partial charge in [0.15, 0.2) is 5.17 Å². The van der Waals surface area contributed by atoms with E-state index in [2.05, 4.69) is 20.8 Å². The summed E-state index contributed by atoms with van der Waals surface area (Å²) in [5, 5.41) is 14.1. The van der Waals surface area contributed by atoms with Gasteiger partial charge in [-0.3, -0.25) is 9.59 Å². The van der Waals surface area contributed by atoms with Crippen LogP contribution < -0.4 is 10.6 Å². The number of anilines is 1. The lowest BCUT2D eigenvalue weighted by Crippen LogP contribution is -2.28. The number of hydrogen-bond acceptors (Lipinski definition) is 5. The fourth-order valence-corrected chi connectivity index (χ4v) is 3.94. The molecule has 1 saturated carbocycles. The molecule has 1 aromatic carbocycles. The molecule has 0 spiro atoms. The van der Waals surface area contributed by atoms with Crippen LogP contribution >= 0.6 is 11.8 Å². The molecule has 1 heterocycles. The Kier molecular flexibility index (Phi) is 6.44. The Morgan fingerprint density at radius 2 is 1.92 bits per heavy atom. The number of nitrogens with one attached hydrogen (secondary N) is 2. The number of hydrogen-bond donors (Lipinski definition) is 2. The van der Waals surface area contributed by atoms with Crippen molar-refractivity contribution in [3.8, 4) is 0 Å². The number of thioether (sulfide) groups is 1. The molecule has 2 fully saturated rings. The normalized spacial score (nSPS) is 22.0. The van der Waals surface area contributed by atoms with Crippen LogP contribution in [-0.2, 0) is 9.59 Å². The standard InChI is InChI=1S/C19H24N4O2S/c1-13-8-6-7-11-15(13)20-17(24)12-16-18(25)21-19(26-16)23-22-14-9-4-2-3-5-10-14/h6-8,11,16H,2-5,9-10,12H2,1H3,(H,20,24)(H,21,23,25).